The number of carbonyl (C=O) groups excluding carboxylic acids is 1. The lowest BCUT2D eigenvalue weighted by Gasteiger charge is -2.21. The molecule has 2 atom stereocenters. The number of pyridine rings is 1. The van der Waals surface area contributed by atoms with E-state index in [1.54, 1.807) is 17.6 Å². The minimum absolute atomic E-state index is 0.0923. The van der Waals surface area contributed by atoms with Gasteiger partial charge in [-0.05, 0) is 17.7 Å². The van der Waals surface area contributed by atoms with Crippen LogP contribution in [0.4, 0.5) is 15.0 Å². The van der Waals surface area contributed by atoms with Gasteiger partial charge in [0.15, 0.2) is 0 Å². The first-order valence-electron chi connectivity index (χ1n) is 11.7. The monoisotopic (exact) mass is 473 g/mol. The van der Waals surface area contributed by atoms with Crippen molar-refractivity contribution in [2.75, 3.05) is 38.7 Å². The van der Waals surface area contributed by atoms with Gasteiger partial charge in [-0.3, -0.25) is 14.6 Å². The van der Waals surface area contributed by atoms with E-state index in [0.717, 1.165) is 18.7 Å². The largest absolute Gasteiger partial charge is 0.383 e. The maximum absolute atomic E-state index is 14.1. The number of rotatable bonds is 7. The van der Waals surface area contributed by atoms with E-state index in [1.807, 2.05) is 48.5 Å². The van der Waals surface area contributed by atoms with Gasteiger partial charge in [0.25, 0.3) is 0 Å². The maximum atomic E-state index is 14.1. The molecule has 0 saturated carbocycles. The van der Waals surface area contributed by atoms with Gasteiger partial charge in [-0.15, -0.1) is 0 Å². The van der Waals surface area contributed by atoms with Gasteiger partial charge in [0.2, 0.25) is 0 Å². The second-order valence-electron chi connectivity index (χ2n) is 8.73. The molecule has 2 N–H and O–H groups in total. The third-order valence-electron chi connectivity index (χ3n) is 6.41. The average Bonchev–Trinajstić information content (AvgIpc) is 3.44. The summed E-state index contributed by atoms with van der Waals surface area (Å²) in [4.78, 5) is 20.2. The van der Waals surface area contributed by atoms with Crippen molar-refractivity contribution in [3.05, 3.63) is 90.4 Å². The highest BCUT2D eigenvalue weighted by Gasteiger charge is 2.34. The number of carbonyl (C=O) groups is 1. The Hall–Kier alpha value is -3.75. The van der Waals surface area contributed by atoms with E-state index in [2.05, 4.69) is 32.7 Å². The predicted molar refractivity (Wildman–Crippen MR) is 134 cm³/mol. The number of nitrogens with zero attached hydrogens (tertiary/aromatic N) is 3. The first-order valence-corrected chi connectivity index (χ1v) is 11.7. The van der Waals surface area contributed by atoms with Crippen LogP contribution in [0.3, 0.4) is 0 Å². The number of urea groups is 1. The van der Waals surface area contributed by atoms with E-state index < -0.39 is 5.82 Å². The summed E-state index contributed by atoms with van der Waals surface area (Å²) in [6.45, 7) is 2.97. The Morgan fingerprint density at radius 1 is 1.06 bits per heavy atom. The summed E-state index contributed by atoms with van der Waals surface area (Å²) in [5.74, 6) is 0.160. The van der Waals surface area contributed by atoms with Gasteiger partial charge in [0, 0.05) is 44.4 Å². The number of hydrogen-bond acceptors (Lipinski definition) is 4. The molecule has 3 heterocycles. The molecule has 5 rings (SSSR count). The number of benzene rings is 2. The molecule has 180 valence electrons. The molecule has 1 aliphatic heterocycles. The Kier molecular flexibility index (Phi) is 6.74. The van der Waals surface area contributed by atoms with Crippen molar-refractivity contribution in [2.45, 2.75) is 12.0 Å². The number of aromatic nitrogens is 2. The van der Waals surface area contributed by atoms with Crippen molar-refractivity contribution >= 4 is 17.5 Å². The number of ether oxygens (including phenoxy) is 1. The van der Waals surface area contributed by atoms with Crippen LogP contribution in [-0.2, 0) is 4.74 Å². The number of nitrogens with one attached hydrogen (secondary N) is 2. The van der Waals surface area contributed by atoms with Crippen molar-refractivity contribution in [2.24, 2.45) is 0 Å². The SMILES string of the molecule is COCCN1C[C@@H](NC(=O)Nc2c(-c3ccccc3)nc3ccc(F)cn23)[C@H](c2ccccc2)C1. The number of hydrogen-bond donors (Lipinski definition) is 2. The van der Waals surface area contributed by atoms with Crippen LogP contribution in [0.15, 0.2) is 79.0 Å². The van der Waals surface area contributed by atoms with Gasteiger partial charge in [-0.1, -0.05) is 60.7 Å². The molecule has 4 aromatic rings. The summed E-state index contributed by atoms with van der Waals surface area (Å²) in [5, 5.41) is 6.12. The summed E-state index contributed by atoms with van der Waals surface area (Å²) in [7, 11) is 1.69. The summed E-state index contributed by atoms with van der Waals surface area (Å²) in [6.07, 6.45) is 1.33. The molecule has 1 fully saturated rings. The third kappa shape index (κ3) is 5.03. The second kappa shape index (κ2) is 10.2. The number of amides is 2. The standard InChI is InChI=1S/C27H28FN5O2/c1-35-15-14-32-17-22(19-8-4-2-5-9-19)23(18-32)29-27(34)31-26-25(20-10-6-3-7-11-20)30-24-13-12-21(28)16-33(24)26/h2-13,16,22-23H,14-15,17-18H2,1H3,(H2,29,31,34)/t22-,23+/m0/s1. The number of methoxy groups -OCH3 is 1. The minimum Gasteiger partial charge on any atom is -0.383 e. The van der Waals surface area contributed by atoms with Crippen LogP contribution in [-0.4, -0.2) is 59.7 Å². The van der Waals surface area contributed by atoms with Crippen LogP contribution in [0.1, 0.15) is 11.5 Å². The third-order valence-corrected chi connectivity index (χ3v) is 6.41. The van der Waals surface area contributed by atoms with Gasteiger partial charge < -0.3 is 10.1 Å². The van der Waals surface area contributed by atoms with Gasteiger partial charge in [-0.2, -0.15) is 0 Å². The average molecular weight is 474 g/mol. The fourth-order valence-electron chi connectivity index (χ4n) is 4.72. The Morgan fingerprint density at radius 2 is 1.80 bits per heavy atom. The Morgan fingerprint density at radius 3 is 2.54 bits per heavy atom. The Bertz CT molecular complexity index is 1300. The first kappa shape index (κ1) is 23.0. The van der Waals surface area contributed by atoms with Crippen LogP contribution in [0.2, 0.25) is 0 Å². The van der Waals surface area contributed by atoms with E-state index in [0.29, 0.717) is 30.3 Å². The molecular weight excluding hydrogens is 445 g/mol. The molecule has 1 saturated heterocycles. The molecule has 2 amide bonds. The molecule has 35 heavy (non-hydrogen) atoms. The van der Waals surface area contributed by atoms with E-state index in [-0.39, 0.29) is 18.0 Å². The van der Waals surface area contributed by atoms with E-state index in [1.165, 1.54) is 17.8 Å². The zero-order chi connectivity index (χ0) is 24.2. The normalized spacial score (nSPS) is 18.1. The second-order valence-corrected chi connectivity index (χ2v) is 8.73. The predicted octanol–water partition coefficient (Wildman–Crippen LogP) is 4.38. The fourth-order valence-corrected chi connectivity index (χ4v) is 4.72. The van der Waals surface area contributed by atoms with Crippen molar-refractivity contribution in [1.29, 1.82) is 0 Å². The number of likely N-dealkylation sites (tertiary alicyclic amines) is 1. The first-order chi connectivity index (χ1) is 17.1. The Balaban J connectivity index is 1.41. The van der Waals surface area contributed by atoms with Crippen molar-refractivity contribution in [1.82, 2.24) is 19.6 Å². The molecule has 2 aromatic carbocycles. The lowest BCUT2D eigenvalue weighted by Crippen LogP contribution is -2.42. The van der Waals surface area contributed by atoms with Crippen LogP contribution < -0.4 is 10.6 Å². The summed E-state index contributed by atoms with van der Waals surface area (Å²) in [6, 6.07) is 22.3. The van der Waals surface area contributed by atoms with Crippen LogP contribution in [0.25, 0.3) is 16.9 Å². The van der Waals surface area contributed by atoms with Gasteiger partial charge in [0.05, 0.1) is 12.6 Å². The number of fused-ring (bicyclic) bond motifs is 1. The molecule has 1 aliphatic rings. The number of imidazole rings is 1. The summed E-state index contributed by atoms with van der Waals surface area (Å²) < 4.78 is 20.9. The number of anilines is 1. The van der Waals surface area contributed by atoms with Crippen LogP contribution in [0.5, 0.6) is 0 Å². The van der Waals surface area contributed by atoms with Crippen molar-refractivity contribution in [3.8, 4) is 11.3 Å². The van der Waals surface area contributed by atoms with Crippen molar-refractivity contribution in [3.63, 3.8) is 0 Å². The topological polar surface area (TPSA) is 70.9 Å². The number of halogens is 1. The Labute approximate surface area is 203 Å². The molecule has 0 aliphatic carbocycles. The van der Waals surface area contributed by atoms with E-state index >= 15 is 0 Å². The molecule has 8 heteroatoms. The highest BCUT2D eigenvalue weighted by atomic mass is 19.1. The van der Waals surface area contributed by atoms with E-state index in [4.69, 9.17) is 4.74 Å². The molecule has 7 nitrogen and oxygen atoms in total. The molecule has 0 spiro atoms. The lowest BCUT2D eigenvalue weighted by molar-refractivity contribution is 0.159. The van der Waals surface area contributed by atoms with Gasteiger partial charge in [0.1, 0.15) is 23.0 Å². The van der Waals surface area contributed by atoms with Crippen LogP contribution >= 0.6 is 0 Å². The molecular formula is C27H28FN5O2. The highest BCUT2D eigenvalue weighted by Crippen LogP contribution is 2.30. The minimum atomic E-state index is -0.410. The molecule has 0 radical (unpaired) electrons. The van der Waals surface area contributed by atoms with Crippen LogP contribution in [0, 0.1) is 5.82 Å². The summed E-state index contributed by atoms with van der Waals surface area (Å²) >= 11 is 0. The lowest BCUT2D eigenvalue weighted by atomic mass is 9.94. The fraction of sp³-hybridized carbons (Fsp3) is 0.259. The highest BCUT2D eigenvalue weighted by molar-refractivity contribution is 5.93. The zero-order valence-electron chi connectivity index (χ0n) is 19.5. The molecule has 0 bridgehead atoms. The van der Waals surface area contributed by atoms with Gasteiger partial charge >= 0.3 is 6.03 Å². The van der Waals surface area contributed by atoms with E-state index in [9.17, 15) is 9.18 Å². The maximum Gasteiger partial charge on any atom is 0.320 e. The molecule has 2 aromatic heterocycles. The van der Waals surface area contributed by atoms with Crippen molar-refractivity contribution < 1.29 is 13.9 Å². The summed E-state index contributed by atoms with van der Waals surface area (Å²) in [5.41, 5.74) is 3.15. The molecule has 0 unspecified atom stereocenters. The quantitative estimate of drug-likeness (QED) is 0.418. The smallest absolute Gasteiger partial charge is 0.320 e. The zero-order valence-corrected chi connectivity index (χ0v) is 19.5. The van der Waals surface area contributed by atoms with Gasteiger partial charge in [-0.25, -0.2) is 14.2 Å².